The highest BCUT2D eigenvalue weighted by Gasteiger charge is 2.54. The van der Waals surface area contributed by atoms with Crippen molar-refractivity contribution in [3.63, 3.8) is 0 Å². The highest BCUT2D eigenvalue weighted by molar-refractivity contribution is 5.95. The Hall–Kier alpha value is -2.56. The van der Waals surface area contributed by atoms with Crippen LogP contribution in [-0.4, -0.2) is 42.1 Å². The van der Waals surface area contributed by atoms with Crippen molar-refractivity contribution in [3.05, 3.63) is 59.9 Å². The molecule has 2 heterocycles. The molecule has 2 aliphatic rings. The highest BCUT2D eigenvalue weighted by atomic mass is 19.1. The summed E-state index contributed by atoms with van der Waals surface area (Å²) in [4.78, 5) is 17.6. The summed E-state index contributed by atoms with van der Waals surface area (Å²) in [6, 6.07) is 14.1. The maximum atomic E-state index is 13.8. The summed E-state index contributed by atoms with van der Waals surface area (Å²) < 4.78 is 19.0. The van der Waals surface area contributed by atoms with Gasteiger partial charge in [-0.15, -0.1) is 0 Å². The molecule has 0 N–H and O–H groups in total. The van der Waals surface area contributed by atoms with E-state index in [4.69, 9.17) is 4.74 Å². The monoisotopic (exact) mass is 382 g/mol. The first-order valence-electron chi connectivity index (χ1n) is 9.84. The van der Waals surface area contributed by atoms with E-state index < -0.39 is 0 Å². The quantitative estimate of drug-likeness (QED) is 0.784. The van der Waals surface area contributed by atoms with Crippen molar-refractivity contribution in [1.29, 1.82) is 0 Å². The van der Waals surface area contributed by atoms with Gasteiger partial charge >= 0.3 is 0 Å². The van der Waals surface area contributed by atoms with Crippen LogP contribution in [0.25, 0.3) is 0 Å². The van der Waals surface area contributed by atoms with Crippen LogP contribution >= 0.6 is 0 Å². The van der Waals surface area contributed by atoms with E-state index in [-0.39, 0.29) is 22.8 Å². The van der Waals surface area contributed by atoms with Gasteiger partial charge in [-0.1, -0.05) is 6.07 Å². The Morgan fingerprint density at radius 1 is 1.14 bits per heavy atom. The van der Waals surface area contributed by atoms with Crippen molar-refractivity contribution in [2.75, 3.05) is 25.1 Å². The van der Waals surface area contributed by atoms with E-state index in [0.29, 0.717) is 5.56 Å². The zero-order chi connectivity index (χ0) is 19.9. The molecule has 1 unspecified atom stereocenters. The predicted octanol–water partition coefficient (Wildman–Crippen LogP) is 4.50. The van der Waals surface area contributed by atoms with E-state index in [1.807, 2.05) is 30.3 Å². The van der Waals surface area contributed by atoms with Crippen LogP contribution in [0.1, 0.15) is 43.5 Å². The zero-order valence-corrected chi connectivity index (χ0v) is 16.7. The number of methoxy groups -OCH3 is 1. The number of carbonyl (C=O) groups excluding carboxylic acids is 1. The average Bonchev–Trinajstić information content (AvgIpc) is 3.20. The van der Waals surface area contributed by atoms with Gasteiger partial charge in [-0.05, 0) is 75.6 Å². The van der Waals surface area contributed by atoms with Crippen LogP contribution < -0.4 is 9.64 Å². The number of rotatable bonds is 3. The van der Waals surface area contributed by atoms with Crippen LogP contribution in [0, 0.1) is 5.82 Å². The standard InChI is InChI=1S/C23H27FN2O2/c1-22(2)15-23(16-26(22)19-7-4-6-18(24)14-19)12-5-13-25(23)21(27)17-8-10-20(28-3)11-9-17/h4,6-11,14H,5,12-13,15-16H2,1-3H3. The van der Waals surface area contributed by atoms with E-state index in [1.165, 1.54) is 6.07 Å². The molecule has 4 nitrogen and oxygen atoms in total. The van der Waals surface area contributed by atoms with Gasteiger partial charge in [0.1, 0.15) is 11.6 Å². The lowest BCUT2D eigenvalue weighted by Gasteiger charge is -2.35. The molecule has 148 valence electrons. The molecule has 2 saturated heterocycles. The van der Waals surface area contributed by atoms with E-state index in [9.17, 15) is 9.18 Å². The fourth-order valence-corrected chi connectivity index (χ4v) is 5.04. The number of hydrogen-bond acceptors (Lipinski definition) is 3. The van der Waals surface area contributed by atoms with Crippen LogP contribution in [0.3, 0.4) is 0 Å². The molecule has 1 spiro atoms. The number of carbonyl (C=O) groups is 1. The van der Waals surface area contributed by atoms with Crippen molar-refractivity contribution in [2.45, 2.75) is 44.2 Å². The normalized spacial score (nSPS) is 23.4. The Bertz CT molecular complexity index is 880. The summed E-state index contributed by atoms with van der Waals surface area (Å²) in [7, 11) is 1.62. The molecule has 0 saturated carbocycles. The smallest absolute Gasteiger partial charge is 0.254 e. The first-order valence-corrected chi connectivity index (χ1v) is 9.84. The first kappa shape index (κ1) is 18.8. The third kappa shape index (κ3) is 3.13. The summed E-state index contributed by atoms with van der Waals surface area (Å²) in [5.74, 6) is 0.579. The van der Waals surface area contributed by atoms with Crippen molar-refractivity contribution >= 4 is 11.6 Å². The van der Waals surface area contributed by atoms with Crippen molar-refractivity contribution in [2.24, 2.45) is 0 Å². The van der Waals surface area contributed by atoms with Crippen LogP contribution in [0.2, 0.25) is 0 Å². The highest BCUT2D eigenvalue weighted by Crippen LogP contribution is 2.47. The third-order valence-corrected chi connectivity index (χ3v) is 6.24. The van der Waals surface area contributed by atoms with Gasteiger partial charge < -0.3 is 14.5 Å². The predicted molar refractivity (Wildman–Crippen MR) is 108 cm³/mol. The van der Waals surface area contributed by atoms with E-state index >= 15 is 0 Å². The summed E-state index contributed by atoms with van der Waals surface area (Å²) in [5.41, 5.74) is 1.19. The summed E-state index contributed by atoms with van der Waals surface area (Å²) in [6.07, 6.45) is 2.84. The molecule has 0 bridgehead atoms. The van der Waals surface area contributed by atoms with E-state index in [1.54, 1.807) is 19.2 Å². The molecular formula is C23H27FN2O2. The minimum absolute atomic E-state index is 0.0667. The Kier molecular flexibility index (Phi) is 4.56. The number of ether oxygens (including phenoxy) is 1. The molecule has 0 aromatic heterocycles. The Morgan fingerprint density at radius 2 is 1.89 bits per heavy atom. The van der Waals surface area contributed by atoms with Gasteiger partial charge in [0, 0.05) is 29.9 Å². The van der Waals surface area contributed by atoms with Crippen LogP contribution in [0.15, 0.2) is 48.5 Å². The zero-order valence-electron chi connectivity index (χ0n) is 16.7. The van der Waals surface area contributed by atoms with Gasteiger partial charge in [0.25, 0.3) is 5.91 Å². The summed E-state index contributed by atoms with van der Waals surface area (Å²) in [6.45, 7) is 5.85. The number of halogens is 1. The Labute approximate surface area is 165 Å². The molecule has 4 rings (SSSR count). The van der Waals surface area contributed by atoms with Crippen molar-refractivity contribution in [1.82, 2.24) is 4.90 Å². The van der Waals surface area contributed by atoms with Gasteiger partial charge in [-0.2, -0.15) is 0 Å². The molecule has 2 fully saturated rings. The maximum absolute atomic E-state index is 13.8. The molecule has 1 atom stereocenters. The lowest BCUT2D eigenvalue weighted by molar-refractivity contribution is 0.0617. The van der Waals surface area contributed by atoms with E-state index in [0.717, 1.165) is 43.8 Å². The molecule has 5 heteroatoms. The Balaban J connectivity index is 1.63. The third-order valence-electron chi connectivity index (χ3n) is 6.24. The Morgan fingerprint density at radius 3 is 2.57 bits per heavy atom. The van der Waals surface area contributed by atoms with Crippen LogP contribution in [0.5, 0.6) is 5.75 Å². The van der Waals surface area contributed by atoms with E-state index in [2.05, 4.69) is 23.6 Å². The fraction of sp³-hybridized carbons (Fsp3) is 0.435. The number of nitrogens with zero attached hydrogens (tertiary/aromatic N) is 2. The summed E-state index contributed by atoms with van der Waals surface area (Å²) in [5, 5.41) is 0. The minimum Gasteiger partial charge on any atom is -0.497 e. The molecule has 0 radical (unpaired) electrons. The maximum Gasteiger partial charge on any atom is 0.254 e. The van der Waals surface area contributed by atoms with Gasteiger partial charge in [0.15, 0.2) is 0 Å². The molecule has 28 heavy (non-hydrogen) atoms. The molecule has 2 aromatic carbocycles. The summed E-state index contributed by atoms with van der Waals surface area (Å²) >= 11 is 0. The number of benzene rings is 2. The second-order valence-corrected chi connectivity index (χ2v) is 8.57. The molecule has 2 aromatic rings. The largest absolute Gasteiger partial charge is 0.497 e. The second-order valence-electron chi connectivity index (χ2n) is 8.57. The fourth-order valence-electron chi connectivity index (χ4n) is 5.04. The van der Waals surface area contributed by atoms with Gasteiger partial charge in [0.2, 0.25) is 0 Å². The van der Waals surface area contributed by atoms with Gasteiger partial charge in [-0.3, -0.25) is 4.79 Å². The number of likely N-dealkylation sites (tertiary alicyclic amines) is 1. The lowest BCUT2D eigenvalue weighted by atomic mass is 9.87. The van der Waals surface area contributed by atoms with Crippen molar-refractivity contribution < 1.29 is 13.9 Å². The average molecular weight is 382 g/mol. The molecule has 2 aliphatic heterocycles. The van der Waals surface area contributed by atoms with Crippen LogP contribution in [0.4, 0.5) is 10.1 Å². The number of hydrogen-bond donors (Lipinski definition) is 0. The lowest BCUT2D eigenvalue weighted by Crippen LogP contribution is -2.49. The molecule has 1 amide bonds. The number of anilines is 1. The van der Waals surface area contributed by atoms with Crippen LogP contribution in [-0.2, 0) is 0 Å². The van der Waals surface area contributed by atoms with Gasteiger partial charge in [0.05, 0.1) is 12.6 Å². The van der Waals surface area contributed by atoms with Crippen molar-refractivity contribution in [3.8, 4) is 5.75 Å². The van der Waals surface area contributed by atoms with Gasteiger partial charge in [-0.25, -0.2) is 4.39 Å². The topological polar surface area (TPSA) is 32.8 Å². The minimum atomic E-state index is -0.230. The number of amides is 1. The molecular weight excluding hydrogens is 355 g/mol. The molecule has 0 aliphatic carbocycles. The second kappa shape index (κ2) is 6.80. The SMILES string of the molecule is COc1ccc(C(=O)N2CCCC23CN(c2cccc(F)c2)C(C)(C)C3)cc1. The first-order chi connectivity index (χ1) is 13.3.